The maximum absolute atomic E-state index is 5.82. The highest BCUT2D eigenvalue weighted by molar-refractivity contribution is 7.77. The van der Waals surface area contributed by atoms with Crippen LogP contribution in [0.4, 0.5) is 0 Å². The molecule has 0 bridgehead atoms. The van der Waals surface area contributed by atoms with Crippen LogP contribution in [0.5, 0.6) is 0 Å². The molecule has 0 aliphatic carbocycles. The molecule has 8 heavy (non-hydrogen) atoms. The zero-order chi connectivity index (χ0) is 5.98. The third kappa shape index (κ3) is 1.54. The first-order valence-electron chi connectivity index (χ1n) is 2.90. The van der Waals surface area contributed by atoms with Gasteiger partial charge >= 0.3 is 0 Å². The largest absolute Gasteiger partial charge is 0.236 e. The van der Waals surface area contributed by atoms with Crippen LogP contribution >= 0.6 is 24.4 Å². The highest BCUT2D eigenvalue weighted by atomic mass is 35.5. The number of halogens is 1. The van der Waals surface area contributed by atoms with E-state index in [1.165, 1.54) is 12.8 Å². The summed E-state index contributed by atoms with van der Waals surface area (Å²) >= 11 is 9.97. The Morgan fingerprint density at radius 3 is 2.62 bits per heavy atom. The Kier molecular flexibility index (Phi) is 2.47. The van der Waals surface area contributed by atoms with Crippen molar-refractivity contribution in [3.05, 3.63) is 0 Å². The van der Waals surface area contributed by atoms with Crippen molar-refractivity contribution < 1.29 is 0 Å². The summed E-state index contributed by atoms with van der Waals surface area (Å²) in [6.45, 7) is 1.04. The van der Waals surface area contributed by atoms with Gasteiger partial charge in [0.1, 0.15) is 0 Å². The molecule has 0 N–H and O–H groups in total. The monoisotopic (exact) mass is 151 g/mol. The Bertz CT molecular complexity index is 68.8. The van der Waals surface area contributed by atoms with Crippen molar-refractivity contribution in [2.75, 3.05) is 6.54 Å². The van der Waals surface area contributed by atoms with Gasteiger partial charge in [0.25, 0.3) is 0 Å². The molecule has 0 saturated carbocycles. The van der Waals surface area contributed by atoms with E-state index < -0.39 is 0 Å². The lowest BCUT2D eigenvalue weighted by atomic mass is 10.2. The minimum absolute atomic E-state index is 0.173. The topological polar surface area (TPSA) is 3.24 Å². The standard InChI is InChI=1S/C5H10ClNS/c6-5-3-1-2-4-7(5)8/h5,8H,1-4H2. The molecule has 0 spiro atoms. The van der Waals surface area contributed by atoms with Gasteiger partial charge < -0.3 is 0 Å². The highest BCUT2D eigenvalue weighted by Gasteiger charge is 2.15. The van der Waals surface area contributed by atoms with Crippen molar-refractivity contribution in [2.45, 2.75) is 24.8 Å². The molecular weight excluding hydrogens is 142 g/mol. The normalized spacial score (nSPS) is 33.0. The molecule has 1 heterocycles. The Balaban J connectivity index is 2.28. The van der Waals surface area contributed by atoms with Gasteiger partial charge in [0.15, 0.2) is 0 Å². The van der Waals surface area contributed by atoms with E-state index in [9.17, 15) is 0 Å². The van der Waals surface area contributed by atoms with Gasteiger partial charge in [0.05, 0.1) is 5.50 Å². The second kappa shape index (κ2) is 2.95. The van der Waals surface area contributed by atoms with Crippen LogP contribution in [-0.4, -0.2) is 16.4 Å². The summed E-state index contributed by atoms with van der Waals surface area (Å²) in [6, 6.07) is 0. The third-order valence-corrected chi connectivity index (χ3v) is 2.47. The summed E-state index contributed by atoms with van der Waals surface area (Å²) in [6.07, 6.45) is 3.59. The first-order valence-corrected chi connectivity index (χ1v) is 3.74. The SMILES string of the molecule is SN1CCCCC1Cl. The lowest BCUT2D eigenvalue weighted by Gasteiger charge is -2.25. The van der Waals surface area contributed by atoms with Crippen LogP contribution in [0.25, 0.3) is 0 Å². The van der Waals surface area contributed by atoms with Crippen molar-refractivity contribution in [3.8, 4) is 0 Å². The number of thiol groups is 1. The predicted octanol–water partition coefficient (Wildman–Crippen LogP) is 1.88. The molecule has 1 unspecified atom stereocenters. The second-order valence-electron chi connectivity index (χ2n) is 2.09. The zero-order valence-electron chi connectivity index (χ0n) is 4.68. The average Bonchev–Trinajstić information content (AvgIpc) is 1.77. The highest BCUT2D eigenvalue weighted by Crippen LogP contribution is 2.20. The summed E-state index contributed by atoms with van der Waals surface area (Å²) in [4.78, 5) is 0. The van der Waals surface area contributed by atoms with Gasteiger partial charge in [-0.15, -0.1) is 11.6 Å². The maximum Gasteiger partial charge on any atom is 0.0941 e. The van der Waals surface area contributed by atoms with Crippen LogP contribution < -0.4 is 0 Å². The number of rotatable bonds is 0. The van der Waals surface area contributed by atoms with Gasteiger partial charge in [0, 0.05) is 6.54 Å². The number of nitrogens with zero attached hydrogens (tertiary/aromatic N) is 1. The van der Waals surface area contributed by atoms with Gasteiger partial charge in [-0.3, -0.25) is 0 Å². The fourth-order valence-corrected chi connectivity index (χ4v) is 1.38. The minimum atomic E-state index is 0.173. The minimum Gasteiger partial charge on any atom is -0.236 e. The van der Waals surface area contributed by atoms with Crippen molar-refractivity contribution in [1.29, 1.82) is 0 Å². The van der Waals surface area contributed by atoms with E-state index in [0.717, 1.165) is 13.0 Å². The Morgan fingerprint density at radius 2 is 2.25 bits per heavy atom. The third-order valence-electron chi connectivity index (χ3n) is 1.40. The summed E-state index contributed by atoms with van der Waals surface area (Å²) in [5, 5.41) is 0. The molecule has 1 atom stereocenters. The van der Waals surface area contributed by atoms with Gasteiger partial charge in [-0.25, -0.2) is 4.31 Å². The van der Waals surface area contributed by atoms with Crippen LogP contribution in [0.3, 0.4) is 0 Å². The summed E-state index contributed by atoms with van der Waals surface area (Å²) < 4.78 is 1.89. The molecule has 0 aromatic rings. The van der Waals surface area contributed by atoms with E-state index in [1.807, 2.05) is 4.31 Å². The lowest BCUT2D eigenvalue weighted by molar-refractivity contribution is 0.350. The van der Waals surface area contributed by atoms with Gasteiger partial charge in [-0.05, 0) is 19.3 Å². The van der Waals surface area contributed by atoms with Crippen LogP contribution in [0.2, 0.25) is 0 Å². The molecule has 0 aromatic carbocycles. The molecule has 1 rings (SSSR count). The van der Waals surface area contributed by atoms with E-state index in [4.69, 9.17) is 11.6 Å². The molecule has 1 nitrogen and oxygen atoms in total. The van der Waals surface area contributed by atoms with E-state index in [1.54, 1.807) is 0 Å². The Hall–Kier alpha value is 0.600. The molecule has 0 aromatic heterocycles. The van der Waals surface area contributed by atoms with Crippen molar-refractivity contribution in [1.82, 2.24) is 4.31 Å². The fourth-order valence-electron chi connectivity index (χ4n) is 0.876. The fraction of sp³-hybridized carbons (Fsp3) is 1.00. The van der Waals surface area contributed by atoms with E-state index in [0.29, 0.717) is 0 Å². The molecule has 48 valence electrons. The van der Waals surface area contributed by atoms with E-state index >= 15 is 0 Å². The van der Waals surface area contributed by atoms with Crippen LogP contribution in [0.15, 0.2) is 0 Å². The van der Waals surface area contributed by atoms with Crippen molar-refractivity contribution in [3.63, 3.8) is 0 Å². The first kappa shape index (κ1) is 6.72. The zero-order valence-corrected chi connectivity index (χ0v) is 6.33. The number of hydrogen-bond acceptors (Lipinski definition) is 2. The predicted molar refractivity (Wildman–Crippen MR) is 39.2 cm³/mol. The van der Waals surface area contributed by atoms with E-state index in [-0.39, 0.29) is 5.50 Å². The number of alkyl halides is 1. The molecule has 1 saturated heterocycles. The molecule has 1 aliphatic rings. The molecule has 1 aliphatic heterocycles. The Labute approximate surface area is 60.5 Å². The molecule has 0 radical (unpaired) electrons. The maximum atomic E-state index is 5.82. The number of piperidine rings is 1. The van der Waals surface area contributed by atoms with Crippen LogP contribution in [0, 0.1) is 0 Å². The average molecular weight is 152 g/mol. The quantitative estimate of drug-likeness (QED) is 0.314. The van der Waals surface area contributed by atoms with Crippen molar-refractivity contribution in [2.24, 2.45) is 0 Å². The number of hydrogen-bond donors (Lipinski definition) is 1. The van der Waals surface area contributed by atoms with Gasteiger partial charge in [0.2, 0.25) is 0 Å². The Morgan fingerprint density at radius 1 is 1.50 bits per heavy atom. The smallest absolute Gasteiger partial charge is 0.0941 e. The second-order valence-corrected chi connectivity index (χ2v) is 3.11. The van der Waals surface area contributed by atoms with Crippen molar-refractivity contribution >= 4 is 24.4 Å². The first-order chi connectivity index (χ1) is 3.80. The molecular formula is C5H10ClNS. The van der Waals surface area contributed by atoms with E-state index in [2.05, 4.69) is 12.8 Å². The van der Waals surface area contributed by atoms with Gasteiger partial charge in [-0.1, -0.05) is 12.8 Å². The van der Waals surface area contributed by atoms with Gasteiger partial charge in [-0.2, -0.15) is 0 Å². The summed E-state index contributed by atoms with van der Waals surface area (Å²) in [5.74, 6) is 0. The van der Waals surface area contributed by atoms with Crippen LogP contribution in [0.1, 0.15) is 19.3 Å². The molecule has 3 heteroatoms. The molecule has 1 fully saturated rings. The summed E-state index contributed by atoms with van der Waals surface area (Å²) in [5.41, 5.74) is 0.173. The van der Waals surface area contributed by atoms with Crippen LogP contribution in [-0.2, 0) is 0 Å². The molecule has 0 amide bonds. The lowest BCUT2D eigenvalue weighted by Crippen LogP contribution is -2.27. The summed E-state index contributed by atoms with van der Waals surface area (Å²) in [7, 11) is 0.